The normalized spacial score (nSPS) is 11.1. The van der Waals surface area contributed by atoms with Gasteiger partial charge in [-0.25, -0.2) is 0 Å². The summed E-state index contributed by atoms with van der Waals surface area (Å²) < 4.78 is 30.1. The largest absolute Gasteiger partial charge is 0.435 e. The van der Waals surface area contributed by atoms with Crippen LogP contribution in [-0.2, 0) is 17.9 Å². The zero-order valence-electron chi connectivity index (χ0n) is 12.6. The highest BCUT2D eigenvalue weighted by Gasteiger charge is 2.04. The Kier molecular flexibility index (Phi) is 5.85. The lowest BCUT2D eigenvalue weighted by molar-refractivity contribution is -0.116. The van der Waals surface area contributed by atoms with Crippen LogP contribution in [0.15, 0.2) is 42.6 Å². The standard InChI is InChI=1S/C16H17F2N3O2/c1-2-21-13(9-10-20-21)11-19-15(22)8-5-12-3-6-14(7-4-12)23-16(17)18/h3-10,16H,2,11H2,1H3,(H,19,22)/b8-5-. The maximum Gasteiger partial charge on any atom is 0.387 e. The number of ether oxygens (including phenoxy) is 1. The molecule has 0 unspecified atom stereocenters. The summed E-state index contributed by atoms with van der Waals surface area (Å²) in [4.78, 5) is 11.8. The molecule has 0 aliphatic carbocycles. The molecule has 7 heteroatoms. The number of hydrogen-bond donors (Lipinski definition) is 1. The van der Waals surface area contributed by atoms with E-state index in [1.54, 1.807) is 29.1 Å². The molecule has 2 aromatic rings. The molecule has 1 heterocycles. The lowest BCUT2D eigenvalue weighted by Gasteiger charge is -2.05. The van der Waals surface area contributed by atoms with Gasteiger partial charge in [0, 0.05) is 18.8 Å². The van der Waals surface area contributed by atoms with Gasteiger partial charge in [0.15, 0.2) is 0 Å². The maximum atomic E-state index is 12.0. The third-order valence-electron chi connectivity index (χ3n) is 3.08. The van der Waals surface area contributed by atoms with Crippen LogP contribution in [-0.4, -0.2) is 22.3 Å². The van der Waals surface area contributed by atoms with E-state index in [-0.39, 0.29) is 11.7 Å². The minimum Gasteiger partial charge on any atom is -0.435 e. The predicted molar refractivity (Wildman–Crippen MR) is 81.9 cm³/mol. The molecular formula is C16H17F2N3O2. The first-order valence-electron chi connectivity index (χ1n) is 7.10. The van der Waals surface area contributed by atoms with Gasteiger partial charge in [-0.05, 0) is 36.8 Å². The molecule has 1 N–H and O–H groups in total. The summed E-state index contributed by atoms with van der Waals surface area (Å²) in [5, 5.41) is 6.87. The van der Waals surface area contributed by atoms with Crippen molar-refractivity contribution in [1.29, 1.82) is 0 Å². The Balaban J connectivity index is 1.86. The van der Waals surface area contributed by atoms with Crippen LogP contribution in [0.1, 0.15) is 18.2 Å². The van der Waals surface area contributed by atoms with Gasteiger partial charge in [-0.15, -0.1) is 0 Å². The Morgan fingerprint density at radius 3 is 2.74 bits per heavy atom. The van der Waals surface area contributed by atoms with Crippen molar-refractivity contribution in [3.8, 4) is 5.75 Å². The number of nitrogens with one attached hydrogen (secondary N) is 1. The van der Waals surface area contributed by atoms with Crippen molar-refractivity contribution < 1.29 is 18.3 Å². The van der Waals surface area contributed by atoms with Crippen LogP contribution in [0.5, 0.6) is 5.75 Å². The number of benzene rings is 1. The number of halogens is 2. The molecule has 0 spiro atoms. The summed E-state index contributed by atoms with van der Waals surface area (Å²) >= 11 is 0. The number of hydrogen-bond acceptors (Lipinski definition) is 3. The first-order chi connectivity index (χ1) is 11.1. The molecular weight excluding hydrogens is 304 g/mol. The fraction of sp³-hybridized carbons (Fsp3) is 0.250. The quantitative estimate of drug-likeness (QED) is 0.798. The molecule has 1 amide bonds. The summed E-state index contributed by atoms with van der Waals surface area (Å²) in [5.74, 6) is -0.170. The average Bonchev–Trinajstić information content (AvgIpc) is 2.99. The van der Waals surface area contributed by atoms with Crippen molar-refractivity contribution in [2.75, 3.05) is 0 Å². The van der Waals surface area contributed by atoms with Crippen molar-refractivity contribution in [3.63, 3.8) is 0 Å². The molecule has 2 rings (SSSR count). The Labute approximate surface area is 132 Å². The van der Waals surface area contributed by atoms with Crippen LogP contribution in [0.2, 0.25) is 0 Å². The summed E-state index contributed by atoms with van der Waals surface area (Å²) in [6.07, 6.45) is 4.66. The van der Waals surface area contributed by atoms with E-state index >= 15 is 0 Å². The Morgan fingerprint density at radius 2 is 2.09 bits per heavy atom. The van der Waals surface area contributed by atoms with Crippen LogP contribution in [0.4, 0.5) is 8.78 Å². The van der Waals surface area contributed by atoms with Gasteiger partial charge in [-0.2, -0.15) is 13.9 Å². The topological polar surface area (TPSA) is 56.2 Å². The minimum absolute atomic E-state index is 0.0782. The van der Waals surface area contributed by atoms with E-state index in [2.05, 4.69) is 15.2 Å². The second kappa shape index (κ2) is 8.07. The zero-order chi connectivity index (χ0) is 16.7. The smallest absolute Gasteiger partial charge is 0.387 e. The van der Waals surface area contributed by atoms with Gasteiger partial charge in [0.2, 0.25) is 5.91 Å². The maximum absolute atomic E-state index is 12.0. The number of amides is 1. The fourth-order valence-electron chi connectivity index (χ4n) is 1.96. The highest BCUT2D eigenvalue weighted by Crippen LogP contribution is 2.15. The third-order valence-corrected chi connectivity index (χ3v) is 3.08. The summed E-state index contributed by atoms with van der Waals surface area (Å²) in [7, 11) is 0. The van der Waals surface area contributed by atoms with E-state index in [0.29, 0.717) is 12.1 Å². The number of rotatable bonds is 7. The van der Waals surface area contributed by atoms with E-state index in [0.717, 1.165) is 12.2 Å². The molecule has 0 aliphatic rings. The Hall–Kier alpha value is -2.70. The lowest BCUT2D eigenvalue weighted by Crippen LogP contribution is -2.22. The predicted octanol–water partition coefficient (Wildman–Crippen LogP) is 2.83. The molecule has 0 fully saturated rings. The molecule has 23 heavy (non-hydrogen) atoms. The van der Waals surface area contributed by atoms with E-state index in [1.807, 2.05) is 13.0 Å². The van der Waals surface area contributed by atoms with Gasteiger partial charge in [0.25, 0.3) is 0 Å². The number of nitrogens with zero attached hydrogens (tertiary/aromatic N) is 2. The van der Waals surface area contributed by atoms with Crippen LogP contribution >= 0.6 is 0 Å². The van der Waals surface area contributed by atoms with Crippen molar-refractivity contribution in [1.82, 2.24) is 15.1 Å². The molecule has 0 saturated heterocycles. The first-order valence-corrected chi connectivity index (χ1v) is 7.10. The van der Waals surface area contributed by atoms with E-state index in [9.17, 15) is 13.6 Å². The van der Waals surface area contributed by atoms with Gasteiger partial charge in [0.1, 0.15) is 5.75 Å². The van der Waals surface area contributed by atoms with Crippen LogP contribution < -0.4 is 10.1 Å². The summed E-state index contributed by atoms with van der Waals surface area (Å²) in [6, 6.07) is 7.86. The highest BCUT2D eigenvalue weighted by atomic mass is 19.3. The molecule has 1 aromatic heterocycles. The second-order valence-electron chi connectivity index (χ2n) is 4.64. The molecule has 5 nitrogen and oxygen atoms in total. The highest BCUT2D eigenvalue weighted by molar-refractivity contribution is 5.91. The molecule has 0 atom stereocenters. The SMILES string of the molecule is CCn1nccc1CNC(=O)/C=C\c1ccc(OC(F)F)cc1. The van der Waals surface area contributed by atoms with Gasteiger partial charge >= 0.3 is 6.61 Å². The van der Waals surface area contributed by atoms with Gasteiger partial charge in [-0.3, -0.25) is 9.48 Å². The molecule has 1 aromatic carbocycles. The number of aryl methyl sites for hydroxylation is 1. The van der Waals surface area contributed by atoms with E-state index in [1.165, 1.54) is 18.2 Å². The summed E-state index contributed by atoms with van der Waals surface area (Å²) in [6.45, 7) is 0.248. The van der Waals surface area contributed by atoms with Crippen molar-refractivity contribution >= 4 is 12.0 Å². The van der Waals surface area contributed by atoms with Crippen molar-refractivity contribution in [3.05, 3.63) is 53.9 Å². The van der Waals surface area contributed by atoms with Crippen LogP contribution in [0.3, 0.4) is 0 Å². The Morgan fingerprint density at radius 1 is 1.35 bits per heavy atom. The number of carbonyl (C=O) groups is 1. The third kappa shape index (κ3) is 5.21. The van der Waals surface area contributed by atoms with Gasteiger partial charge in [-0.1, -0.05) is 12.1 Å². The monoisotopic (exact) mass is 321 g/mol. The first kappa shape index (κ1) is 16.7. The van der Waals surface area contributed by atoms with E-state index in [4.69, 9.17) is 0 Å². The fourth-order valence-corrected chi connectivity index (χ4v) is 1.96. The average molecular weight is 321 g/mol. The van der Waals surface area contributed by atoms with Gasteiger partial charge < -0.3 is 10.1 Å². The minimum atomic E-state index is -2.85. The summed E-state index contributed by atoms with van der Waals surface area (Å²) in [5.41, 5.74) is 1.63. The zero-order valence-corrected chi connectivity index (χ0v) is 12.6. The lowest BCUT2D eigenvalue weighted by atomic mass is 10.2. The number of carbonyl (C=O) groups excluding carboxylic acids is 1. The van der Waals surface area contributed by atoms with Crippen LogP contribution in [0.25, 0.3) is 6.08 Å². The molecule has 0 bridgehead atoms. The van der Waals surface area contributed by atoms with E-state index < -0.39 is 6.61 Å². The van der Waals surface area contributed by atoms with Crippen molar-refractivity contribution in [2.45, 2.75) is 26.6 Å². The molecule has 0 aliphatic heterocycles. The Bertz CT molecular complexity index is 666. The molecule has 0 saturated carbocycles. The van der Waals surface area contributed by atoms with Gasteiger partial charge in [0.05, 0.1) is 12.2 Å². The number of aromatic nitrogens is 2. The molecule has 0 radical (unpaired) electrons. The van der Waals surface area contributed by atoms with Crippen molar-refractivity contribution in [2.24, 2.45) is 0 Å². The van der Waals surface area contributed by atoms with Crippen LogP contribution in [0, 0.1) is 0 Å². The second-order valence-corrected chi connectivity index (χ2v) is 4.64. The number of alkyl halides is 2. The molecule has 122 valence electrons.